The Bertz CT molecular complexity index is 336. The van der Waals surface area contributed by atoms with Crippen molar-refractivity contribution in [3.63, 3.8) is 0 Å². The Labute approximate surface area is 77.5 Å². The zero-order chi connectivity index (χ0) is 9.42. The molecule has 0 radical (unpaired) electrons. The SMILES string of the molecule is COc1cc(C)cc2c1C(N)CO2. The molecule has 3 heteroatoms. The third-order valence-electron chi connectivity index (χ3n) is 2.26. The van der Waals surface area contributed by atoms with E-state index in [1.807, 2.05) is 19.1 Å². The second-order valence-electron chi connectivity index (χ2n) is 3.30. The van der Waals surface area contributed by atoms with Gasteiger partial charge in [0.1, 0.15) is 18.1 Å². The van der Waals surface area contributed by atoms with Crippen molar-refractivity contribution in [3.05, 3.63) is 23.3 Å². The lowest BCUT2D eigenvalue weighted by Crippen LogP contribution is -2.11. The molecule has 0 aromatic heterocycles. The maximum Gasteiger partial charge on any atom is 0.128 e. The summed E-state index contributed by atoms with van der Waals surface area (Å²) in [7, 11) is 1.65. The number of methoxy groups -OCH3 is 1. The van der Waals surface area contributed by atoms with Crippen LogP contribution in [-0.2, 0) is 0 Å². The minimum atomic E-state index is -0.0504. The minimum absolute atomic E-state index is 0.0504. The molecule has 0 amide bonds. The van der Waals surface area contributed by atoms with E-state index in [1.54, 1.807) is 7.11 Å². The zero-order valence-corrected chi connectivity index (χ0v) is 7.83. The fourth-order valence-electron chi connectivity index (χ4n) is 1.65. The molecule has 1 aliphatic heterocycles. The van der Waals surface area contributed by atoms with Crippen molar-refractivity contribution in [2.24, 2.45) is 5.73 Å². The summed E-state index contributed by atoms with van der Waals surface area (Å²) in [5, 5.41) is 0. The van der Waals surface area contributed by atoms with E-state index in [0.29, 0.717) is 6.61 Å². The second-order valence-corrected chi connectivity index (χ2v) is 3.30. The molecule has 2 rings (SSSR count). The Morgan fingerprint density at radius 1 is 1.54 bits per heavy atom. The quantitative estimate of drug-likeness (QED) is 0.708. The number of aryl methyl sites for hydroxylation is 1. The van der Waals surface area contributed by atoms with E-state index in [-0.39, 0.29) is 6.04 Å². The van der Waals surface area contributed by atoms with Crippen LogP contribution in [0.5, 0.6) is 11.5 Å². The summed E-state index contributed by atoms with van der Waals surface area (Å²) in [6, 6.07) is 3.92. The van der Waals surface area contributed by atoms with Gasteiger partial charge >= 0.3 is 0 Å². The van der Waals surface area contributed by atoms with E-state index in [4.69, 9.17) is 15.2 Å². The molecule has 1 aromatic carbocycles. The van der Waals surface area contributed by atoms with Gasteiger partial charge in [-0.25, -0.2) is 0 Å². The van der Waals surface area contributed by atoms with E-state index >= 15 is 0 Å². The number of nitrogens with two attached hydrogens (primary N) is 1. The Balaban J connectivity index is 2.57. The normalized spacial score (nSPS) is 19.5. The lowest BCUT2D eigenvalue weighted by atomic mass is 10.1. The number of fused-ring (bicyclic) bond motifs is 1. The highest BCUT2D eigenvalue weighted by atomic mass is 16.5. The summed E-state index contributed by atoms with van der Waals surface area (Å²) >= 11 is 0. The molecule has 1 aliphatic rings. The number of hydrogen-bond donors (Lipinski definition) is 1. The van der Waals surface area contributed by atoms with Gasteiger partial charge in [-0.3, -0.25) is 0 Å². The van der Waals surface area contributed by atoms with Crippen LogP contribution in [0.4, 0.5) is 0 Å². The molecule has 2 N–H and O–H groups in total. The summed E-state index contributed by atoms with van der Waals surface area (Å²) in [4.78, 5) is 0. The van der Waals surface area contributed by atoms with E-state index in [0.717, 1.165) is 22.6 Å². The summed E-state index contributed by atoms with van der Waals surface area (Å²) in [6.45, 7) is 2.56. The summed E-state index contributed by atoms with van der Waals surface area (Å²) in [5.74, 6) is 1.70. The molecule has 1 atom stereocenters. The highest BCUT2D eigenvalue weighted by molar-refractivity contribution is 5.51. The van der Waals surface area contributed by atoms with Crippen LogP contribution >= 0.6 is 0 Å². The molecule has 70 valence electrons. The maximum atomic E-state index is 5.87. The average Bonchev–Trinajstić information content (AvgIpc) is 2.46. The molecule has 13 heavy (non-hydrogen) atoms. The molecule has 0 saturated carbocycles. The van der Waals surface area contributed by atoms with E-state index < -0.39 is 0 Å². The molecule has 0 saturated heterocycles. The van der Waals surface area contributed by atoms with E-state index in [1.165, 1.54) is 0 Å². The highest BCUT2D eigenvalue weighted by Gasteiger charge is 2.24. The second kappa shape index (κ2) is 2.92. The van der Waals surface area contributed by atoms with E-state index in [9.17, 15) is 0 Å². The van der Waals surface area contributed by atoms with Gasteiger partial charge < -0.3 is 15.2 Å². The fourth-order valence-corrected chi connectivity index (χ4v) is 1.65. The first kappa shape index (κ1) is 8.38. The predicted octanol–water partition coefficient (Wildman–Crippen LogP) is 1.40. The summed E-state index contributed by atoms with van der Waals surface area (Å²) in [6.07, 6.45) is 0. The van der Waals surface area contributed by atoms with Gasteiger partial charge in [0.2, 0.25) is 0 Å². The van der Waals surface area contributed by atoms with Crippen molar-refractivity contribution in [3.8, 4) is 11.5 Å². The van der Waals surface area contributed by atoms with Crippen molar-refractivity contribution in [1.29, 1.82) is 0 Å². The highest BCUT2D eigenvalue weighted by Crippen LogP contribution is 2.38. The molecule has 0 spiro atoms. The van der Waals surface area contributed by atoms with Crippen LogP contribution < -0.4 is 15.2 Å². The molecule has 1 unspecified atom stereocenters. The van der Waals surface area contributed by atoms with Gasteiger partial charge in [-0.2, -0.15) is 0 Å². The maximum absolute atomic E-state index is 5.87. The lowest BCUT2D eigenvalue weighted by molar-refractivity contribution is 0.333. The molecular weight excluding hydrogens is 166 g/mol. The number of ether oxygens (including phenoxy) is 2. The van der Waals surface area contributed by atoms with Crippen LogP contribution in [0.3, 0.4) is 0 Å². The third kappa shape index (κ3) is 1.25. The molecular formula is C10H13NO2. The monoisotopic (exact) mass is 179 g/mol. The Morgan fingerprint density at radius 3 is 3.00 bits per heavy atom. The first-order chi connectivity index (χ1) is 6.22. The topological polar surface area (TPSA) is 44.5 Å². The molecule has 1 heterocycles. The molecule has 0 fully saturated rings. The largest absolute Gasteiger partial charge is 0.496 e. The van der Waals surface area contributed by atoms with Gasteiger partial charge in [-0.1, -0.05) is 0 Å². The van der Waals surface area contributed by atoms with Gasteiger partial charge in [-0.05, 0) is 24.6 Å². The Kier molecular flexibility index (Phi) is 1.88. The van der Waals surface area contributed by atoms with Crippen LogP contribution in [0.2, 0.25) is 0 Å². The van der Waals surface area contributed by atoms with Crippen molar-refractivity contribution in [1.82, 2.24) is 0 Å². The van der Waals surface area contributed by atoms with E-state index in [2.05, 4.69) is 0 Å². The summed E-state index contributed by atoms with van der Waals surface area (Å²) in [5.41, 5.74) is 7.99. The van der Waals surface area contributed by atoms with Crippen molar-refractivity contribution in [2.45, 2.75) is 13.0 Å². The predicted molar refractivity (Wildman–Crippen MR) is 50.2 cm³/mol. The van der Waals surface area contributed by atoms with Crippen LogP contribution in [0.15, 0.2) is 12.1 Å². The smallest absolute Gasteiger partial charge is 0.128 e. The van der Waals surface area contributed by atoms with Gasteiger partial charge in [0, 0.05) is 0 Å². The average molecular weight is 179 g/mol. The number of benzene rings is 1. The number of rotatable bonds is 1. The van der Waals surface area contributed by atoms with Gasteiger partial charge in [-0.15, -0.1) is 0 Å². The molecule has 0 aliphatic carbocycles. The summed E-state index contributed by atoms with van der Waals surface area (Å²) < 4.78 is 10.7. The lowest BCUT2D eigenvalue weighted by Gasteiger charge is -2.09. The third-order valence-corrected chi connectivity index (χ3v) is 2.26. The fraction of sp³-hybridized carbons (Fsp3) is 0.400. The first-order valence-electron chi connectivity index (χ1n) is 4.29. The molecule has 1 aromatic rings. The standard InChI is InChI=1S/C10H13NO2/c1-6-3-8(12-2)10-7(11)5-13-9(10)4-6/h3-4,7H,5,11H2,1-2H3. The number of hydrogen-bond acceptors (Lipinski definition) is 3. The van der Waals surface area contributed by atoms with Crippen molar-refractivity contribution in [2.75, 3.05) is 13.7 Å². The first-order valence-corrected chi connectivity index (χ1v) is 4.29. The van der Waals surface area contributed by atoms with Crippen LogP contribution in [0.25, 0.3) is 0 Å². The van der Waals surface area contributed by atoms with Gasteiger partial charge in [0.05, 0.1) is 18.7 Å². The van der Waals surface area contributed by atoms with Gasteiger partial charge in [0.15, 0.2) is 0 Å². The van der Waals surface area contributed by atoms with Gasteiger partial charge in [0.25, 0.3) is 0 Å². The van der Waals surface area contributed by atoms with Crippen LogP contribution in [0.1, 0.15) is 17.2 Å². The van der Waals surface area contributed by atoms with Crippen molar-refractivity contribution >= 4 is 0 Å². The van der Waals surface area contributed by atoms with Crippen molar-refractivity contribution < 1.29 is 9.47 Å². The Hall–Kier alpha value is -1.22. The molecule has 3 nitrogen and oxygen atoms in total. The molecule has 0 bridgehead atoms. The minimum Gasteiger partial charge on any atom is -0.496 e. The van der Waals surface area contributed by atoms with Crippen LogP contribution in [-0.4, -0.2) is 13.7 Å². The van der Waals surface area contributed by atoms with Crippen LogP contribution in [0, 0.1) is 6.92 Å². The Morgan fingerprint density at radius 2 is 2.31 bits per heavy atom. The zero-order valence-electron chi connectivity index (χ0n) is 7.83.